The number of alkyl carbamates (subject to hydrolysis) is 1. The molecule has 0 aromatic heterocycles. The summed E-state index contributed by atoms with van der Waals surface area (Å²) in [5, 5.41) is 3.02. The SMILES string of the molecule is CC(C)CC(NC(=O)OCC1c2ccccc2-c2ccccc21)C(=O)ON1C(=O)CCC1=O. The molecule has 1 heterocycles. The summed E-state index contributed by atoms with van der Waals surface area (Å²) in [6, 6.07) is 14.9. The van der Waals surface area contributed by atoms with Crippen LogP contribution in [-0.2, 0) is 24.0 Å². The Hall–Kier alpha value is -3.68. The van der Waals surface area contributed by atoms with Gasteiger partial charge >= 0.3 is 12.1 Å². The summed E-state index contributed by atoms with van der Waals surface area (Å²) in [5.41, 5.74) is 4.39. The van der Waals surface area contributed by atoms with Crippen molar-refractivity contribution in [2.24, 2.45) is 5.92 Å². The van der Waals surface area contributed by atoms with Gasteiger partial charge in [-0.05, 0) is 34.6 Å². The van der Waals surface area contributed by atoms with Crippen molar-refractivity contribution in [1.82, 2.24) is 10.4 Å². The van der Waals surface area contributed by atoms with Crippen molar-refractivity contribution in [1.29, 1.82) is 0 Å². The van der Waals surface area contributed by atoms with Crippen LogP contribution in [0.2, 0.25) is 0 Å². The van der Waals surface area contributed by atoms with Crippen LogP contribution in [0.1, 0.15) is 50.2 Å². The third-order valence-corrected chi connectivity index (χ3v) is 5.81. The zero-order valence-electron chi connectivity index (χ0n) is 18.6. The highest BCUT2D eigenvalue weighted by atomic mass is 16.7. The lowest BCUT2D eigenvalue weighted by Gasteiger charge is -2.22. The van der Waals surface area contributed by atoms with Crippen LogP contribution in [0, 0.1) is 5.92 Å². The number of carbonyl (C=O) groups is 4. The first-order chi connectivity index (χ1) is 15.8. The Labute approximate surface area is 191 Å². The van der Waals surface area contributed by atoms with E-state index in [1.807, 2.05) is 62.4 Å². The summed E-state index contributed by atoms with van der Waals surface area (Å²) in [7, 11) is 0. The van der Waals surface area contributed by atoms with Crippen LogP contribution in [0.4, 0.5) is 4.79 Å². The second-order valence-corrected chi connectivity index (χ2v) is 8.64. The first-order valence-electron chi connectivity index (χ1n) is 11.0. The van der Waals surface area contributed by atoms with E-state index in [4.69, 9.17) is 9.57 Å². The minimum Gasteiger partial charge on any atom is -0.449 e. The van der Waals surface area contributed by atoms with Gasteiger partial charge in [-0.25, -0.2) is 9.59 Å². The van der Waals surface area contributed by atoms with Crippen molar-refractivity contribution in [3.8, 4) is 11.1 Å². The standard InChI is InChI=1S/C25H26N2O6/c1-15(2)13-21(24(30)33-27-22(28)11-12-23(27)29)26-25(31)32-14-20-18-9-5-3-7-16(18)17-8-4-6-10-19(17)20/h3-10,15,20-21H,11-14H2,1-2H3,(H,26,31). The van der Waals surface area contributed by atoms with Gasteiger partial charge in [0.1, 0.15) is 12.6 Å². The number of hydrogen-bond donors (Lipinski definition) is 1. The second kappa shape index (κ2) is 9.44. The summed E-state index contributed by atoms with van der Waals surface area (Å²) in [6.45, 7) is 3.87. The van der Waals surface area contributed by atoms with Gasteiger partial charge in [0.05, 0.1) is 0 Å². The molecule has 3 amide bonds. The highest BCUT2D eigenvalue weighted by molar-refractivity contribution is 6.01. The van der Waals surface area contributed by atoms with E-state index in [0.717, 1.165) is 22.3 Å². The molecule has 172 valence electrons. The molecule has 1 unspecified atom stereocenters. The van der Waals surface area contributed by atoms with Gasteiger partial charge in [-0.3, -0.25) is 9.59 Å². The van der Waals surface area contributed by atoms with Crippen LogP contribution < -0.4 is 5.32 Å². The quantitative estimate of drug-likeness (QED) is 0.648. The Morgan fingerprint density at radius 1 is 0.970 bits per heavy atom. The molecule has 0 radical (unpaired) electrons. The number of fused-ring (bicyclic) bond motifs is 3. The van der Waals surface area contributed by atoms with Gasteiger partial charge in [0.2, 0.25) is 0 Å². The van der Waals surface area contributed by atoms with Crippen LogP contribution in [0.15, 0.2) is 48.5 Å². The van der Waals surface area contributed by atoms with E-state index in [0.29, 0.717) is 5.06 Å². The molecule has 2 aliphatic rings. The van der Waals surface area contributed by atoms with Crippen LogP contribution in [-0.4, -0.2) is 41.6 Å². The Morgan fingerprint density at radius 2 is 1.52 bits per heavy atom. The molecular weight excluding hydrogens is 424 g/mol. The molecule has 4 rings (SSSR count). The van der Waals surface area contributed by atoms with E-state index in [1.54, 1.807) is 0 Å². The predicted molar refractivity (Wildman–Crippen MR) is 119 cm³/mol. The fourth-order valence-electron chi connectivity index (χ4n) is 4.28. The number of ether oxygens (including phenoxy) is 1. The molecule has 8 nitrogen and oxygen atoms in total. The van der Waals surface area contributed by atoms with Crippen molar-refractivity contribution < 1.29 is 28.8 Å². The summed E-state index contributed by atoms with van der Waals surface area (Å²) >= 11 is 0. The minimum absolute atomic E-state index is 0.000761. The van der Waals surface area contributed by atoms with Crippen LogP contribution in [0.3, 0.4) is 0 Å². The summed E-state index contributed by atoms with van der Waals surface area (Å²) < 4.78 is 5.51. The average Bonchev–Trinajstić information content (AvgIpc) is 3.28. The number of nitrogens with one attached hydrogen (secondary N) is 1. The molecule has 2 aromatic rings. The monoisotopic (exact) mass is 450 g/mol. The van der Waals surface area contributed by atoms with E-state index in [2.05, 4.69) is 5.32 Å². The number of carbonyl (C=O) groups excluding carboxylic acids is 4. The van der Waals surface area contributed by atoms with Crippen LogP contribution in [0.5, 0.6) is 0 Å². The molecule has 1 N–H and O–H groups in total. The molecule has 1 saturated heterocycles. The van der Waals surface area contributed by atoms with E-state index >= 15 is 0 Å². The molecule has 8 heteroatoms. The fourth-order valence-corrected chi connectivity index (χ4v) is 4.28. The maximum atomic E-state index is 12.6. The lowest BCUT2D eigenvalue weighted by atomic mass is 9.98. The molecule has 0 bridgehead atoms. The van der Waals surface area contributed by atoms with Gasteiger partial charge in [0.15, 0.2) is 0 Å². The van der Waals surface area contributed by atoms with Crippen molar-refractivity contribution in [3.63, 3.8) is 0 Å². The van der Waals surface area contributed by atoms with Crippen molar-refractivity contribution in [3.05, 3.63) is 59.7 Å². The Morgan fingerprint density at radius 3 is 2.06 bits per heavy atom. The van der Waals surface area contributed by atoms with Crippen molar-refractivity contribution in [2.75, 3.05) is 6.61 Å². The van der Waals surface area contributed by atoms with Crippen molar-refractivity contribution in [2.45, 2.75) is 45.1 Å². The van der Waals surface area contributed by atoms with Gasteiger partial charge in [-0.2, -0.15) is 0 Å². The Kier molecular flexibility index (Phi) is 6.44. The predicted octanol–water partition coefficient (Wildman–Crippen LogP) is 3.55. The highest BCUT2D eigenvalue weighted by Crippen LogP contribution is 2.44. The molecule has 1 aliphatic heterocycles. The first kappa shape index (κ1) is 22.5. The maximum Gasteiger partial charge on any atom is 0.407 e. The van der Waals surface area contributed by atoms with E-state index in [1.165, 1.54) is 0 Å². The number of imide groups is 1. The second-order valence-electron chi connectivity index (χ2n) is 8.64. The summed E-state index contributed by atoms with van der Waals surface area (Å²) in [4.78, 5) is 53.7. The minimum atomic E-state index is -1.05. The largest absolute Gasteiger partial charge is 0.449 e. The van der Waals surface area contributed by atoms with E-state index in [9.17, 15) is 19.2 Å². The number of amides is 3. The average molecular weight is 450 g/mol. The van der Waals surface area contributed by atoms with E-state index in [-0.39, 0.29) is 37.7 Å². The maximum absolute atomic E-state index is 12.6. The van der Waals surface area contributed by atoms with Gasteiger partial charge in [0.25, 0.3) is 11.8 Å². The zero-order valence-corrected chi connectivity index (χ0v) is 18.6. The molecule has 1 aliphatic carbocycles. The summed E-state index contributed by atoms with van der Waals surface area (Å²) in [6.07, 6.45) is -0.501. The fraction of sp³-hybridized carbons (Fsp3) is 0.360. The zero-order chi connectivity index (χ0) is 23.5. The highest BCUT2D eigenvalue weighted by Gasteiger charge is 2.36. The van der Waals surface area contributed by atoms with Crippen LogP contribution >= 0.6 is 0 Å². The van der Waals surface area contributed by atoms with Gasteiger partial charge < -0.3 is 14.9 Å². The number of hydroxylamine groups is 2. The smallest absolute Gasteiger partial charge is 0.407 e. The van der Waals surface area contributed by atoms with Crippen LogP contribution in [0.25, 0.3) is 11.1 Å². The van der Waals surface area contributed by atoms with E-state index < -0.39 is 29.9 Å². The van der Waals surface area contributed by atoms with Gasteiger partial charge in [-0.15, -0.1) is 5.06 Å². The number of nitrogens with zero attached hydrogens (tertiary/aromatic N) is 1. The Balaban J connectivity index is 1.41. The molecular formula is C25H26N2O6. The first-order valence-corrected chi connectivity index (χ1v) is 11.0. The number of hydrogen-bond acceptors (Lipinski definition) is 6. The Bertz CT molecular complexity index is 1030. The third-order valence-electron chi connectivity index (χ3n) is 5.81. The van der Waals surface area contributed by atoms with Gasteiger partial charge in [-0.1, -0.05) is 62.4 Å². The molecule has 1 atom stereocenters. The topological polar surface area (TPSA) is 102 Å². The normalized spacial score (nSPS) is 15.9. The number of benzene rings is 2. The molecule has 0 spiro atoms. The summed E-state index contributed by atoms with van der Waals surface area (Å²) in [5.74, 6) is -2.09. The molecule has 1 fully saturated rings. The molecule has 2 aromatic carbocycles. The lowest BCUT2D eigenvalue weighted by molar-refractivity contribution is -0.199. The molecule has 0 saturated carbocycles. The number of rotatable bonds is 7. The van der Waals surface area contributed by atoms with Gasteiger partial charge in [0, 0.05) is 18.8 Å². The molecule has 33 heavy (non-hydrogen) atoms. The van der Waals surface area contributed by atoms with Crippen molar-refractivity contribution >= 4 is 23.9 Å². The third kappa shape index (κ3) is 4.74. The lowest BCUT2D eigenvalue weighted by Crippen LogP contribution is -2.46.